The van der Waals surface area contributed by atoms with Gasteiger partial charge < -0.3 is 15.8 Å². The Labute approximate surface area is 131 Å². The van der Waals surface area contributed by atoms with Crippen molar-refractivity contribution in [1.82, 2.24) is 5.32 Å². The second-order valence-electron chi connectivity index (χ2n) is 5.50. The van der Waals surface area contributed by atoms with Crippen molar-refractivity contribution in [2.75, 3.05) is 6.61 Å². The first-order valence-corrected chi connectivity index (χ1v) is 7.97. The molecule has 1 aromatic carbocycles. The van der Waals surface area contributed by atoms with E-state index < -0.39 is 0 Å². The largest absolute Gasteiger partial charge is 0.483 e. The topological polar surface area (TPSA) is 64.3 Å². The number of ether oxygens (including phenoxy) is 1. The van der Waals surface area contributed by atoms with Crippen LogP contribution in [-0.4, -0.2) is 18.6 Å². The van der Waals surface area contributed by atoms with Gasteiger partial charge in [-0.15, -0.1) is 0 Å². The lowest BCUT2D eigenvalue weighted by Gasteiger charge is -2.17. The molecular weight excluding hydrogens is 288 g/mol. The van der Waals surface area contributed by atoms with E-state index in [4.69, 9.17) is 22.1 Å². The van der Waals surface area contributed by atoms with E-state index in [1.807, 2.05) is 0 Å². The number of carbonyl (C=O) groups is 1. The standard InChI is InChI=1S/C16H23ClN2O2/c17-13-7-8-15(12(9-13)10-18)21-11-16(20)19-14-5-3-1-2-4-6-14/h7-9,14H,1-6,10-11,18H2,(H,19,20). The summed E-state index contributed by atoms with van der Waals surface area (Å²) >= 11 is 5.91. The normalized spacial score (nSPS) is 16.3. The van der Waals surface area contributed by atoms with Crippen LogP contribution in [0.5, 0.6) is 5.75 Å². The molecule has 1 saturated carbocycles. The molecule has 0 spiro atoms. The zero-order valence-electron chi connectivity index (χ0n) is 12.2. The lowest BCUT2D eigenvalue weighted by atomic mass is 10.1. The van der Waals surface area contributed by atoms with Crippen LogP contribution in [0, 0.1) is 0 Å². The van der Waals surface area contributed by atoms with E-state index in [0.29, 0.717) is 23.4 Å². The second kappa shape index (κ2) is 8.25. The molecule has 1 aliphatic rings. The minimum atomic E-state index is -0.0696. The fourth-order valence-corrected chi connectivity index (χ4v) is 2.88. The minimum Gasteiger partial charge on any atom is -0.483 e. The predicted molar refractivity (Wildman–Crippen MR) is 84.5 cm³/mol. The molecule has 1 amide bonds. The highest BCUT2D eigenvalue weighted by atomic mass is 35.5. The number of nitrogens with one attached hydrogen (secondary N) is 1. The fraction of sp³-hybridized carbons (Fsp3) is 0.562. The average molecular weight is 311 g/mol. The lowest BCUT2D eigenvalue weighted by molar-refractivity contribution is -0.123. The van der Waals surface area contributed by atoms with Crippen molar-refractivity contribution in [3.8, 4) is 5.75 Å². The summed E-state index contributed by atoms with van der Waals surface area (Å²) in [6, 6.07) is 5.55. The smallest absolute Gasteiger partial charge is 0.258 e. The highest BCUT2D eigenvalue weighted by Crippen LogP contribution is 2.22. The van der Waals surface area contributed by atoms with E-state index >= 15 is 0 Å². The van der Waals surface area contributed by atoms with Crippen molar-refractivity contribution >= 4 is 17.5 Å². The van der Waals surface area contributed by atoms with Gasteiger partial charge in [-0.2, -0.15) is 0 Å². The van der Waals surface area contributed by atoms with Crippen LogP contribution in [-0.2, 0) is 11.3 Å². The monoisotopic (exact) mass is 310 g/mol. The predicted octanol–water partition coefficient (Wildman–Crippen LogP) is 3.02. The van der Waals surface area contributed by atoms with Crippen LogP contribution in [0.15, 0.2) is 18.2 Å². The molecule has 0 saturated heterocycles. The van der Waals surface area contributed by atoms with Crippen LogP contribution in [0.4, 0.5) is 0 Å². The Morgan fingerprint density at radius 2 is 2.00 bits per heavy atom. The molecule has 0 radical (unpaired) electrons. The molecule has 116 valence electrons. The van der Waals surface area contributed by atoms with Crippen molar-refractivity contribution in [2.45, 2.75) is 51.1 Å². The number of halogens is 1. The molecule has 1 fully saturated rings. The number of rotatable bonds is 5. The molecule has 1 aromatic rings. The summed E-state index contributed by atoms with van der Waals surface area (Å²) in [7, 11) is 0. The first-order chi connectivity index (χ1) is 10.2. The highest BCUT2D eigenvalue weighted by molar-refractivity contribution is 6.30. The van der Waals surface area contributed by atoms with Crippen LogP contribution in [0.25, 0.3) is 0 Å². The summed E-state index contributed by atoms with van der Waals surface area (Å²) in [5.41, 5.74) is 6.46. The number of hydrogen-bond donors (Lipinski definition) is 2. The van der Waals surface area contributed by atoms with Crippen LogP contribution in [0.2, 0.25) is 5.02 Å². The Balaban J connectivity index is 1.83. The Bertz CT molecular complexity index is 471. The molecule has 0 unspecified atom stereocenters. The van der Waals surface area contributed by atoms with Crippen LogP contribution in [0.1, 0.15) is 44.1 Å². The first kappa shape index (κ1) is 16.1. The van der Waals surface area contributed by atoms with Crippen LogP contribution in [0.3, 0.4) is 0 Å². The van der Waals surface area contributed by atoms with Crippen molar-refractivity contribution in [3.05, 3.63) is 28.8 Å². The fourth-order valence-electron chi connectivity index (χ4n) is 2.68. The van der Waals surface area contributed by atoms with E-state index in [1.165, 1.54) is 25.7 Å². The van der Waals surface area contributed by atoms with Gasteiger partial charge in [0.25, 0.3) is 5.91 Å². The van der Waals surface area contributed by atoms with Crippen LogP contribution >= 0.6 is 11.6 Å². The van der Waals surface area contributed by atoms with Gasteiger partial charge in [0.2, 0.25) is 0 Å². The summed E-state index contributed by atoms with van der Waals surface area (Å²) in [5, 5.41) is 3.67. The van der Waals surface area contributed by atoms with E-state index in [1.54, 1.807) is 18.2 Å². The van der Waals surface area contributed by atoms with E-state index in [0.717, 1.165) is 18.4 Å². The van der Waals surface area contributed by atoms with E-state index in [9.17, 15) is 4.79 Å². The van der Waals surface area contributed by atoms with E-state index in [-0.39, 0.29) is 12.5 Å². The Kier molecular flexibility index (Phi) is 6.33. The zero-order chi connectivity index (χ0) is 15.1. The third kappa shape index (κ3) is 5.21. The Morgan fingerprint density at radius 1 is 1.29 bits per heavy atom. The van der Waals surface area contributed by atoms with Gasteiger partial charge in [0.05, 0.1) is 0 Å². The molecule has 4 nitrogen and oxygen atoms in total. The van der Waals surface area contributed by atoms with E-state index in [2.05, 4.69) is 5.32 Å². The van der Waals surface area contributed by atoms with Crippen molar-refractivity contribution < 1.29 is 9.53 Å². The van der Waals surface area contributed by atoms with Gasteiger partial charge in [-0.25, -0.2) is 0 Å². The SMILES string of the molecule is NCc1cc(Cl)ccc1OCC(=O)NC1CCCCCC1. The third-order valence-electron chi connectivity index (χ3n) is 3.82. The summed E-state index contributed by atoms with van der Waals surface area (Å²) < 4.78 is 5.57. The van der Waals surface area contributed by atoms with Gasteiger partial charge in [-0.3, -0.25) is 4.79 Å². The Hall–Kier alpha value is -1.26. The van der Waals surface area contributed by atoms with Crippen molar-refractivity contribution in [3.63, 3.8) is 0 Å². The zero-order valence-corrected chi connectivity index (χ0v) is 13.0. The number of nitrogens with two attached hydrogens (primary N) is 1. The number of carbonyl (C=O) groups excluding carboxylic acids is 1. The van der Waals surface area contributed by atoms with Crippen LogP contribution < -0.4 is 15.8 Å². The van der Waals surface area contributed by atoms with Gasteiger partial charge in [-0.1, -0.05) is 37.3 Å². The quantitative estimate of drug-likeness (QED) is 0.822. The number of benzene rings is 1. The first-order valence-electron chi connectivity index (χ1n) is 7.59. The van der Waals surface area contributed by atoms with Crippen molar-refractivity contribution in [1.29, 1.82) is 0 Å². The van der Waals surface area contributed by atoms with Gasteiger partial charge >= 0.3 is 0 Å². The molecule has 1 aliphatic carbocycles. The maximum atomic E-state index is 12.0. The molecule has 21 heavy (non-hydrogen) atoms. The molecule has 5 heteroatoms. The lowest BCUT2D eigenvalue weighted by Crippen LogP contribution is -2.37. The maximum Gasteiger partial charge on any atom is 0.258 e. The second-order valence-corrected chi connectivity index (χ2v) is 5.94. The summed E-state index contributed by atoms with van der Waals surface area (Å²) in [6.45, 7) is 0.352. The Morgan fingerprint density at radius 3 is 2.67 bits per heavy atom. The molecule has 3 N–H and O–H groups in total. The molecule has 0 bridgehead atoms. The molecular formula is C16H23ClN2O2. The molecule has 0 aromatic heterocycles. The summed E-state index contributed by atoms with van der Waals surface area (Å²) in [5.74, 6) is 0.553. The number of hydrogen-bond acceptors (Lipinski definition) is 3. The van der Waals surface area contributed by atoms with Crippen molar-refractivity contribution in [2.24, 2.45) is 5.73 Å². The van der Waals surface area contributed by atoms with Gasteiger partial charge in [-0.05, 0) is 31.0 Å². The van der Waals surface area contributed by atoms with Gasteiger partial charge in [0, 0.05) is 23.2 Å². The molecule has 0 atom stereocenters. The average Bonchev–Trinajstić information content (AvgIpc) is 2.74. The summed E-state index contributed by atoms with van der Waals surface area (Å²) in [4.78, 5) is 12.0. The van der Waals surface area contributed by atoms with Gasteiger partial charge in [0.15, 0.2) is 6.61 Å². The third-order valence-corrected chi connectivity index (χ3v) is 4.06. The molecule has 2 rings (SSSR count). The number of amides is 1. The maximum absolute atomic E-state index is 12.0. The molecule has 0 heterocycles. The summed E-state index contributed by atoms with van der Waals surface area (Å²) in [6.07, 6.45) is 7.07. The minimum absolute atomic E-state index is 0.0190. The molecule has 0 aliphatic heterocycles. The highest BCUT2D eigenvalue weighted by Gasteiger charge is 2.15. The van der Waals surface area contributed by atoms with Gasteiger partial charge in [0.1, 0.15) is 5.75 Å².